The molecule has 0 unspecified atom stereocenters. The van der Waals surface area contributed by atoms with Crippen molar-refractivity contribution in [2.75, 3.05) is 20.6 Å². The first kappa shape index (κ1) is 15.7. The Labute approximate surface area is 127 Å². The Balaban J connectivity index is 2.57. The number of carbonyl (C=O) groups excluding carboxylic acids is 2. The van der Waals surface area contributed by atoms with E-state index in [2.05, 4.69) is 5.32 Å². The van der Waals surface area contributed by atoms with Crippen LogP contribution >= 0.6 is 0 Å². The van der Waals surface area contributed by atoms with Gasteiger partial charge in [0.05, 0.1) is 12.1 Å². The van der Waals surface area contributed by atoms with E-state index < -0.39 is 11.7 Å². The molecule has 0 atom stereocenters. The van der Waals surface area contributed by atoms with Crippen LogP contribution in [0.2, 0.25) is 0 Å². The van der Waals surface area contributed by atoms with Crippen molar-refractivity contribution in [3.63, 3.8) is 0 Å². The van der Waals surface area contributed by atoms with Crippen molar-refractivity contribution in [2.24, 2.45) is 0 Å². The second-order valence-electron chi connectivity index (χ2n) is 5.17. The lowest BCUT2D eigenvalue weighted by Crippen LogP contribution is -2.35. The van der Waals surface area contributed by atoms with Gasteiger partial charge in [0.25, 0.3) is 5.91 Å². The Hall–Kier alpha value is -2.70. The molecule has 116 valence electrons. The number of nitrogens with one attached hydrogen (secondary N) is 2. The third kappa shape index (κ3) is 2.98. The lowest BCUT2D eigenvalue weighted by Gasteiger charge is -2.18. The van der Waals surface area contributed by atoms with Gasteiger partial charge < -0.3 is 10.2 Å². The van der Waals surface area contributed by atoms with Crippen LogP contribution in [-0.4, -0.2) is 47.8 Å². The Kier molecular flexibility index (Phi) is 4.25. The Morgan fingerprint density at radius 3 is 2.59 bits per heavy atom. The lowest BCUT2D eigenvalue weighted by atomic mass is 10.2. The molecule has 2 aromatic rings. The SMILES string of the molecule is CC(=O)CNC(=O)c1cc2ccc(F)cc2n1C(=N)N(C)C. The summed E-state index contributed by atoms with van der Waals surface area (Å²) in [5, 5.41) is 11.3. The van der Waals surface area contributed by atoms with Gasteiger partial charge in [-0.3, -0.25) is 19.6 Å². The molecule has 0 fully saturated rings. The fourth-order valence-corrected chi connectivity index (χ4v) is 2.06. The molecule has 1 aromatic carbocycles. The van der Waals surface area contributed by atoms with Crippen molar-refractivity contribution in [1.29, 1.82) is 5.41 Å². The molecular weight excluding hydrogens is 287 g/mol. The second kappa shape index (κ2) is 5.97. The van der Waals surface area contributed by atoms with Gasteiger partial charge in [-0.05, 0) is 31.2 Å². The largest absolute Gasteiger partial charge is 0.349 e. The van der Waals surface area contributed by atoms with Crippen LogP contribution in [0.3, 0.4) is 0 Å². The molecule has 0 saturated carbocycles. The summed E-state index contributed by atoms with van der Waals surface area (Å²) in [6.45, 7) is 1.27. The zero-order valence-corrected chi connectivity index (χ0v) is 12.6. The Bertz CT molecular complexity index is 764. The number of aromatic nitrogens is 1. The van der Waals surface area contributed by atoms with Crippen molar-refractivity contribution in [3.8, 4) is 0 Å². The quantitative estimate of drug-likeness (QED) is 0.665. The highest BCUT2D eigenvalue weighted by Gasteiger charge is 2.20. The predicted octanol–water partition coefficient (Wildman–Crippen LogP) is 1.44. The molecule has 6 nitrogen and oxygen atoms in total. The summed E-state index contributed by atoms with van der Waals surface area (Å²) in [5.74, 6) is -1.09. The van der Waals surface area contributed by atoms with Gasteiger partial charge in [-0.2, -0.15) is 0 Å². The molecule has 0 aliphatic carbocycles. The third-order valence-corrected chi connectivity index (χ3v) is 3.13. The van der Waals surface area contributed by atoms with Crippen molar-refractivity contribution in [3.05, 3.63) is 35.8 Å². The molecule has 1 aromatic heterocycles. The first-order valence-electron chi connectivity index (χ1n) is 6.66. The number of Topliss-reactive ketones (excluding diaryl/α,β-unsaturated/α-hetero) is 1. The number of fused-ring (bicyclic) bond motifs is 1. The maximum absolute atomic E-state index is 13.5. The van der Waals surface area contributed by atoms with Gasteiger partial charge in [-0.1, -0.05) is 0 Å². The van der Waals surface area contributed by atoms with E-state index in [0.717, 1.165) is 0 Å². The molecule has 0 saturated heterocycles. The first-order chi connectivity index (χ1) is 10.3. The molecule has 0 aliphatic heterocycles. The van der Waals surface area contributed by atoms with E-state index in [0.29, 0.717) is 10.9 Å². The van der Waals surface area contributed by atoms with Gasteiger partial charge in [0, 0.05) is 19.5 Å². The van der Waals surface area contributed by atoms with Crippen LogP contribution in [0.15, 0.2) is 24.3 Å². The number of rotatable bonds is 3. The fraction of sp³-hybridized carbons (Fsp3) is 0.267. The third-order valence-electron chi connectivity index (χ3n) is 3.13. The van der Waals surface area contributed by atoms with Gasteiger partial charge in [0.15, 0.2) is 0 Å². The smallest absolute Gasteiger partial charge is 0.268 e. The number of carbonyl (C=O) groups is 2. The van der Waals surface area contributed by atoms with Crippen molar-refractivity contribution < 1.29 is 14.0 Å². The molecule has 0 spiro atoms. The van der Waals surface area contributed by atoms with Crippen LogP contribution in [0.4, 0.5) is 4.39 Å². The highest BCUT2D eigenvalue weighted by atomic mass is 19.1. The zero-order valence-electron chi connectivity index (χ0n) is 12.6. The Morgan fingerprint density at radius 2 is 2.00 bits per heavy atom. The highest BCUT2D eigenvalue weighted by molar-refractivity contribution is 6.05. The number of hydrogen-bond acceptors (Lipinski definition) is 3. The van der Waals surface area contributed by atoms with Crippen LogP contribution in [0.5, 0.6) is 0 Å². The van der Waals surface area contributed by atoms with E-state index in [9.17, 15) is 14.0 Å². The van der Waals surface area contributed by atoms with Crippen LogP contribution in [0.1, 0.15) is 17.4 Å². The minimum Gasteiger partial charge on any atom is -0.349 e. The van der Waals surface area contributed by atoms with E-state index in [1.807, 2.05) is 0 Å². The van der Waals surface area contributed by atoms with Crippen LogP contribution < -0.4 is 5.32 Å². The average Bonchev–Trinajstić information content (AvgIpc) is 2.82. The summed E-state index contributed by atoms with van der Waals surface area (Å²) in [6.07, 6.45) is 0. The predicted molar refractivity (Wildman–Crippen MR) is 81.7 cm³/mol. The van der Waals surface area contributed by atoms with Crippen LogP contribution in [0, 0.1) is 11.2 Å². The van der Waals surface area contributed by atoms with E-state index in [1.54, 1.807) is 26.2 Å². The number of benzene rings is 1. The van der Waals surface area contributed by atoms with Crippen molar-refractivity contribution >= 4 is 28.6 Å². The second-order valence-corrected chi connectivity index (χ2v) is 5.17. The number of amides is 1. The molecule has 0 bridgehead atoms. The molecular formula is C15H17FN4O2. The number of halogens is 1. The van der Waals surface area contributed by atoms with E-state index in [4.69, 9.17) is 5.41 Å². The molecule has 2 N–H and O–H groups in total. The molecule has 1 heterocycles. The van der Waals surface area contributed by atoms with Gasteiger partial charge >= 0.3 is 0 Å². The molecule has 1 amide bonds. The van der Waals surface area contributed by atoms with Gasteiger partial charge in [0.1, 0.15) is 17.3 Å². The van der Waals surface area contributed by atoms with Crippen molar-refractivity contribution in [2.45, 2.75) is 6.92 Å². The van der Waals surface area contributed by atoms with E-state index >= 15 is 0 Å². The van der Waals surface area contributed by atoms with Crippen LogP contribution in [0.25, 0.3) is 10.9 Å². The standard InChI is InChI=1S/C15H17FN4O2/c1-9(21)8-18-14(22)13-6-10-4-5-11(16)7-12(10)20(13)15(17)19(2)3/h4-7,17H,8H2,1-3H3,(H,18,22). The summed E-state index contributed by atoms with van der Waals surface area (Å²) in [7, 11) is 3.31. The monoisotopic (exact) mass is 304 g/mol. The lowest BCUT2D eigenvalue weighted by molar-refractivity contribution is -0.116. The van der Waals surface area contributed by atoms with Gasteiger partial charge in [-0.25, -0.2) is 4.39 Å². The van der Waals surface area contributed by atoms with E-state index in [1.165, 1.54) is 28.5 Å². The number of hydrogen-bond donors (Lipinski definition) is 2. The average molecular weight is 304 g/mol. The molecule has 22 heavy (non-hydrogen) atoms. The molecule has 0 radical (unpaired) electrons. The van der Waals surface area contributed by atoms with Crippen molar-refractivity contribution in [1.82, 2.24) is 14.8 Å². The topological polar surface area (TPSA) is 78.2 Å². The summed E-state index contributed by atoms with van der Waals surface area (Å²) in [6, 6.07) is 5.69. The summed E-state index contributed by atoms with van der Waals surface area (Å²) >= 11 is 0. The van der Waals surface area contributed by atoms with Gasteiger partial charge in [0.2, 0.25) is 5.96 Å². The summed E-state index contributed by atoms with van der Waals surface area (Å²) in [4.78, 5) is 24.8. The molecule has 7 heteroatoms. The fourth-order valence-electron chi connectivity index (χ4n) is 2.06. The minimum atomic E-state index is -0.488. The number of ketones is 1. The van der Waals surface area contributed by atoms with Crippen LogP contribution in [-0.2, 0) is 4.79 Å². The summed E-state index contributed by atoms with van der Waals surface area (Å²) in [5.41, 5.74) is 0.604. The summed E-state index contributed by atoms with van der Waals surface area (Å²) < 4.78 is 14.9. The maximum Gasteiger partial charge on any atom is 0.268 e. The Morgan fingerprint density at radius 1 is 1.32 bits per heavy atom. The molecule has 0 aliphatic rings. The van der Waals surface area contributed by atoms with Gasteiger partial charge in [-0.15, -0.1) is 0 Å². The number of nitrogens with zero attached hydrogens (tertiary/aromatic N) is 2. The normalized spacial score (nSPS) is 10.5. The zero-order chi connectivity index (χ0) is 16.4. The first-order valence-corrected chi connectivity index (χ1v) is 6.66. The van der Waals surface area contributed by atoms with E-state index in [-0.39, 0.29) is 24.0 Å². The maximum atomic E-state index is 13.5. The minimum absolute atomic E-state index is 0.0218. The molecule has 2 rings (SSSR count). The highest BCUT2D eigenvalue weighted by Crippen LogP contribution is 2.21.